The molecular formula is C32H38FN3O2. The maximum Gasteiger partial charge on any atom is 0.213 e. The third kappa shape index (κ3) is 5.86. The summed E-state index contributed by atoms with van der Waals surface area (Å²) in [5.74, 6) is 1.53. The van der Waals surface area contributed by atoms with E-state index >= 15 is 0 Å². The van der Waals surface area contributed by atoms with Crippen LogP contribution in [0.5, 0.6) is 11.6 Å². The van der Waals surface area contributed by atoms with Crippen molar-refractivity contribution in [3.63, 3.8) is 0 Å². The molecular weight excluding hydrogens is 477 g/mol. The number of fused-ring (bicyclic) bond motifs is 1. The summed E-state index contributed by atoms with van der Waals surface area (Å²) in [6.45, 7) is 7.07. The van der Waals surface area contributed by atoms with E-state index in [1.54, 1.807) is 0 Å². The number of nitrogen functional groups attached to an aromatic ring is 1. The van der Waals surface area contributed by atoms with Crippen molar-refractivity contribution in [2.75, 3.05) is 38.6 Å². The third-order valence-corrected chi connectivity index (χ3v) is 7.56. The van der Waals surface area contributed by atoms with Crippen LogP contribution in [0.1, 0.15) is 60.4 Å². The predicted molar refractivity (Wildman–Crippen MR) is 152 cm³/mol. The van der Waals surface area contributed by atoms with Gasteiger partial charge in [0.05, 0.1) is 13.3 Å². The maximum absolute atomic E-state index is 12.5. The molecule has 2 aliphatic rings. The Balaban J connectivity index is 1.49. The predicted octanol–water partition coefficient (Wildman–Crippen LogP) is 6.48. The van der Waals surface area contributed by atoms with Gasteiger partial charge in [0.2, 0.25) is 5.88 Å². The fraction of sp³-hybridized carbons (Fsp3) is 0.406. The van der Waals surface area contributed by atoms with Crippen LogP contribution in [0.2, 0.25) is 0 Å². The number of nitrogens with two attached hydrogens (primary N) is 1. The molecule has 1 saturated heterocycles. The van der Waals surface area contributed by atoms with E-state index in [4.69, 9.17) is 15.2 Å². The third-order valence-electron chi connectivity index (χ3n) is 7.56. The molecule has 1 fully saturated rings. The van der Waals surface area contributed by atoms with Crippen molar-refractivity contribution < 1.29 is 13.9 Å². The van der Waals surface area contributed by atoms with Gasteiger partial charge < -0.3 is 15.2 Å². The highest BCUT2D eigenvalue weighted by atomic mass is 19.1. The molecule has 1 atom stereocenters. The molecule has 1 aliphatic carbocycles. The van der Waals surface area contributed by atoms with Gasteiger partial charge in [0.1, 0.15) is 11.9 Å². The number of hydrogen-bond donors (Lipinski definition) is 1. The lowest BCUT2D eigenvalue weighted by Gasteiger charge is -2.19. The van der Waals surface area contributed by atoms with Gasteiger partial charge in [-0.1, -0.05) is 18.2 Å². The fourth-order valence-corrected chi connectivity index (χ4v) is 5.75. The number of aryl methyl sites for hydroxylation is 2. The molecule has 200 valence electrons. The van der Waals surface area contributed by atoms with Gasteiger partial charge in [0.25, 0.3) is 0 Å². The van der Waals surface area contributed by atoms with Crippen LogP contribution in [0.25, 0.3) is 11.1 Å². The highest BCUT2D eigenvalue weighted by molar-refractivity contribution is 6.00. The molecule has 0 saturated carbocycles. The SMILES string of the molecule is CCOc1cc(C)c(C2=C(c3ccc(O[C@H]4CCN(CCCF)C4)cc3)c3ccc(N)cc3CCC2)cn1. The second-order valence-electron chi connectivity index (χ2n) is 10.3. The van der Waals surface area contributed by atoms with Gasteiger partial charge in [-0.25, -0.2) is 4.98 Å². The minimum absolute atomic E-state index is 0.148. The number of nitrogens with zero attached hydrogens (tertiary/aromatic N) is 2. The standard InChI is InChI=1S/C32H38FN3O2/c1-3-37-31-18-22(2)30(20-35-31)29-7-4-6-24-19-25(34)10-13-28(24)32(29)23-8-11-26(12-9-23)38-27-14-17-36(21-27)16-5-15-33/h8-13,18-20,27H,3-7,14-17,21,34H2,1-2H3/t27-/m0/s1. The van der Waals surface area contributed by atoms with Crippen molar-refractivity contribution in [3.05, 3.63) is 82.5 Å². The summed E-state index contributed by atoms with van der Waals surface area (Å²) in [4.78, 5) is 6.90. The Morgan fingerprint density at radius 3 is 2.68 bits per heavy atom. The van der Waals surface area contributed by atoms with Crippen LogP contribution < -0.4 is 15.2 Å². The molecule has 0 amide bonds. The van der Waals surface area contributed by atoms with E-state index < -0.39 is 0 Å². The first-order valence-corrected chi connectivity index (χ1v) is 13.8. The number of benzene rings is 2. The fourth-order valence-electron chi connectivity index (χ4n) is 5.75. The Morgan fingerprint density at radius 2 is 1.92 bits per heavy atom. The van der Waals surface area contributed by atoms with Crippen LogP contribution in [-0.2, 0) is 6.42 Å². The average molecular weight is 516 g/mol. The molecule has 1 aromatic heterocycles. The summed E-state index contributed by atoms with van der Waals surface area (Å²) in [6, 6.07) is 16.8. The number of ether oxygens (including phenoxy) is 2. The largest absolute Gasteiger partial charge is 0.489 e. The van der Waals surface area contributed by atoms with Crippen LogP contribution >= 0.6 is 0 Å². The summed E-state index contributed by atoms with van der Waals surface area (Å²) < 4.78 is 24.5. The summed E-state index contributed by atoms with van der Waals surface area (Å²) in [7, 11) is 0. The van der Waals surface area contributed by atoms with Crippen molar-refractivity contribution in [3.8, 4) is 11.6 Å². The number of pyridine rings is 1. The van der Waals surface area contributed by atoms with Crippen molar-refractivity contribution in [2.24, 2.45) is 0 Å². The van der Waals surface area contributed by atoms with E-state index in [0.717, 1.165) is 73.4 Å². The smallest absolute Gasteiger partial charge is 0.213 e. The minimum atomic E-state index is -0.261. The molecule has 0 spiro atoms. The van der Waals surface area contributed by atoms with E-state index in [2.05, 4.69) is 53.2 Å². The number of aromatic nitrogens is 1. The highest BCUT2D eigenvalue weighted by Gasteiger charge is 2.25. The topological polar surface area (TPSA) is 60.6 Å². The van der Waals surface area contributed by atoms with E-state index in [9.17, 15) is 4.39 Å². The zero-order chi connectivity index (χ0) is 26.5. The Bertz CT molecular complexity index is 1290. The number of alkyl halides is 1. The molecule has 1 aliphatic heterocycles. The van der Waals surface area contributed by atoms with Gasteiger partial charge in [-0.05, 0) is 109 Å². The highest BCUT2D eigenvalue weighted by Crippen LogP contribution is 2.41. The zero-order valence-corrected chi connectivity index (χ0v) is 22.5. The number of hydrogen-bond acceptors (Lipinski definition) is 5. The summed E-state index contributed by atoms with van der Waals surface area (Å²) in [5.41, 5.74) is 15.5. The van der Waals surface area contributed by atoms with Crippen molar-refractivity contribution in [1.29, 1.82) is 0 Å². The van der Waals surface area contributed by atoms with Gasteiger partial charge in [-0.15, -0.1) is 0 Å². The number of likely N-dealkylation sites (tertiary alicyclic amines) is 1. The molecule has 5 nitrogen and oxygen atoms in total. The molecule has 3 aromatic rings. The summed E-state index contributed by atoms with van der Waals surface area (Å²) in [5, 5.41) is 0. The van der Waals surface area contributed by atoms with Gasteiger partial charge >= 0.3 is 0 Å². The molecule has 38 heavy (non-hydrogen) atoms. The number of allylic oxidation sites excluding steroid dienone is 1. The van der Waals surface area contributed by atoms with Gasteiger partial charge in [0, 0.05) is 37.6 Å². The van der Waals surface area contributed by atoms with Crippen molar-refractivity contribution in [1.82, 2.24) is 9.88 Å². The van der Waals surface area contributed by atoms with Gasteiger partial charge in [-0.2, -0.15) is 0 Å². The van der Waals surface area contributed by atoms with Crippen molar-refractivity contribution in [2.45, 2.75) is 52.1 Å². The van der Waals surface area contributed by atoms with E-state index in [1.807, 2.05) is 25.3 Å². The lowest BCUT2D eigenvalue weighted by molar-refractivity contribution is 0.198. The van der Waals surface area contributed by atoms with E-state index in [-0.39, 0.29) is 12.8 Å². The van der Waals surface area contributed by atoms with Gasteiger partial charge in [0.15, 0.2) is 0 Å². The lowest BCUT2D eigenvalue weighted by atomic mass is 9.87. The second-order valence-corrected chi connectivity index (χ2v) is 10.3. The van der Waals surface area contributed by atoms with Crippen LogP contribution in [0, 0.1) is 6.92 Å². The Labute approximate surface area is 225 Å². The van der Waals surface area contributed by atoms with Crippen LogP contribution in [0.3, 0.4) is 0 Å². The minimum Gasteiger partial charge on any atom is -0.489 e. The van der Waals surface area contributed by atoms with Crippen molar-refractivity contribution >= 4 is 16.8 Å². The Kier molecular flexibility index (Phi) is 8.28. The van der Waals surface area contributed by atoms with Crippen LogP contribution in [0.4, 0.5) is 10.1 Å². The normalized spacial score (nSPS) is 17.8. The molecule has 2 aromatic carbocycles. The number of halogens is 1. The summed E-state index contributed by atoms with van der Waals surface area (Å²) in [6.07, 6.45) is 6.66. The summed E-state index contributed by atoms with van der Waals surface area (Å²) >= 11 is 0. The Morgan fingerprint density at radius 1 is 1.08 bits per heavy atom. The second kappa shape index (κ2) is 12.0. The molecule has 0 bridgehead atoms. The Hall–Kier alpha value is -3.38. The maximum atomic E-state index is 12.5. The average Bonchev–Trinajstić information content (AvgIpc) is 3.27. The number of anilines is 1. The lowest BCUT2D eigenvalue weighted by Crippen LogP contribution is -2.26. The van der Waals surface area contributed by atoms with Crippen LogP contribution in [0.15, 0.2) is 54.7 Å². The first-order valence-electron chi connectivity index (χ1n) is 13.8. The van der Waals surface area contributed by atoms with Crippen LogP contribution in [-0.4, -0.2) is 48.9 Å². The first kappa shape index (κ1) is 26.2. The molecule has 2 heterocycles. The number of rotatable bonds is 9. The van der Waals surface area contributed by atoms with E-state index in [1.165, 1.54) is 22.3 Å². The molecule has 6 heteroatoms. The molecule has 0 radical (unpaired) electrons. The molecule has 2 N–H and O–H groups in total. The van der Waals surface area contributed by atoms with E-state index in [0.29, 0.717) is 18.9 Å². The zero-order valence-electron chi connectivity index (χ0n) is 22.5. The monoisotopic (exact) mass is 515 g/mol. The first-order chi connectivity index (χ1) is 18.6. The van der Waals surface area contributed by atoms with Gasteiger partial charge in [-0.3, -0.25) is 9.29 Å². The molecule has 0 unspecified atom stereocenters. The molecule has 5 rings (SSSR count). The quantitative estimate of drug-likeness (QED) is 0.331.